The van der Waals surface area contributed by atoms with E-state index in [1.54, 1.807) is 0 Å². The zero-order valence-corrected chi connectivity index (χ0v) is 9.31. The molecule has 0 aromatic heterocycles. The highest BCUT2D eigenvalue weighted by atomic mass is 79.9. The van der Waals surface area contributed by atoms with Crippen molar-refractivity contribution >= 4 is 15.9 Å². The van der Waals surface area contributed by atoms with Crippen LogP contribution in [0.1, 0.15) is 37.7 Å². The summed E-state index contributed by atoms with van der Waals surface area (Å²) in [7, 11) is 0. The molecule has 1 aliphatic rings. The third-order valence-corrected chi connectivity index (χ3v) is 4.06. The lowest BCUT2D eigenvalue weighted by molar-refractivity contribution is 0.415. The van der Waals surface area contributed by atoms with Crippen LogP contribution in [0.5, 0.6) is 0 Å². The van der Waals surface area contributed by atoms with Gasteiger partial charge in [0.2, 0.25) is 0 Å². The van der Waals surface area contributed by atoms with Gasteiger partial charge in [-0.1, -0.05) is 59.5 Å². The van der Waals surface area contributed by atoms with Crippen molar-refractivity contribution in [1.29, 1.82) is 0 Å². The van der Waals surface area contributed by atoms with E-state index in [2.05, 4.69) is 34.1 Å². The first-order valence-corrected chi connectivity index (χ1v) is 5.77. The van der Waals surface area contributed by atoms with Crippen LogP contribution >= 0.6 is 15.9 Å². The molecule has 13 heavy (non-hydrogen) atoms. The van der Waals surface area contributed by atoms with Gasteiger partial charge in [-0.2, -0.15) is 0 Å². The summed E-state index contributed by atoms with van der Waals surface area (Å²) in [6.07, 6.45) is 6.59. The van der Waals surface area contributed by atoms with E-state index in [1.165, 1.54) is 37.7 Å². The molecule has 0 saturated heterocycles. The van der Waals surface area contributed by atoms with Crippen molar-refractivity contribution in [3.63, 3.8) is 0 Å². The van der Waals surface area contributed by atoms with Crippen molar-refractivity contribution in [2.45, 2.75) is 36.4 Å². The van der Waals surface area contributed by atoms with Crippen molar-refractivity contribution < 1.29 is 0 Å². The Kier molecular flexibility index (Phi) is 2.73. The smallest absolute Gasteiger partial charge is 0.0512 e. The number of rotatable bonds is 1. The Morgan fingerprint density at radius 2 is 1.92 bits per heavy atom. The summed E-state index contributed by atoms with van der Waals surface area (Å²) in [5, 5.41) is 0. The molecule has 0 N–H and O–H groups in total. The molecule has 0 spiro atoms. The second kappa shape index (κ2) is 3.83. The fourth-order valence-corrected chi connectivity index (χ4v) is 2.86. The third-order valence-electron chi connectivity index (χ3n) is 2.84. The van der Waals surface area contributed by atoms with E-state index >= 15 is 0 Å². The molecule has 0 amide bonds. The Morgan fingerprint density at radius 3 is 2.54 bits per heavy atom. The molecule has 0 heterocycles. The SMILES string of the molecule is BrC1(c2[c]cccc2)CCCCC1. The highest BCUT2D eigenvalue weighted by Gasteiger charge is 2.30. The second-order valence-electron chi connectivity index (χ2n) is 3.80. The molecule has 1 saturated carbocycles. The molecular formula is C12H14Br. The normalized spacial score (nSPS) is 21.3. The Morgan fingerprint density at radius 1 is 1.15 bits per heavy atom. The van der Waals surface area contributed by atoms with Crippen molar-refractivity contribution in [2.75, 3.05) is 0 Å². The molecule has 0 unspecified atom stereocenters. The van der Waals surface area contributed by atoms with Crippen molar-refractivity contribution in [2.24, 2.45) is 0 Å². The van der Waals surface area contributed by atoms with Gasteiger partial charge in [-0.05, 0) is 24.5 Å². The van der Waals surface area contributed by atoms with Crippen LogP contribution in [-0.2, 0) is 4.32 Å². The monoisotopic (exact) mass is 237 g/mol. The third kappa shape index (κ3) is 1.96. The molecule has 2 rings (SSSR count). The van der Waals surface area contributed by atoms with Crippen LogP contribution in [0.15, 0.2) is 24.3 Å². The first kappa shape index (κ1) is 9.26. The molecule has 0 aliphatic heterocycles. The zero-order chi connectivity index (χ0) is 9.15. The molecule has 0 nitrogen and oxygen atoms in total. The molecule has 1 fully saturated rings. The fourth-order valence-electron chi connectivity index (χ4n) is 2.05. The van der Waals surface area contributed by atoms with Gasteiger partial charge in [-0.25, -0.2) is 0 Å². The van der Waals surface area contributed by atoms with Gasteiger partial charge in [-0.15, -0.1) is 0 Å². The van der Waals surface area contributed by atoms with Crippen molar-refractivity contribution in [3.8, 4) is 0 Å². The average Bonchev–Trinajstić information content (AvgIpc) is 2.20. The van der Waals surface area contributed by atoms with E-state index in [9.17, 15) is 0 Å². The Bertz CT molecular complexity index is 260. The molecule has 1 aliphatic carbocycles. The fraction of sp³-hybridized carbons (Fsp3) is 0.500. The van der Waals surface area contributed by atoms with E-state index in [-0.39, 0.29) is 4.32 Å². The number of alkyl halides is 1. The van der Waals surface area contributed by atoms with Crippen LogP contribution < -0.4 is 0 Å². The minimum atomic E-state index is 0.229. The summed E-state index contributed by atoms with van der Waals surface area (Å²) in [6.45, 7) is 0. The predicted molar refractivity (Wildman–Crippen MR) is 59.0 cm³/mol. The molecule has 0 bridgehead atoms. The highest BCUT2D eigenvalue weighted by Crippen LogP contribution is 2.44. The maximum absolute atomic E-state index is 3.87. The summed E-state index contributed by atoms with van der Waals surface area (Å²) in [5.41, 5.74) is 1.33. The number of halogens is 1. The van der Waals surface area contributed by atoms with Crippen LogP contribution in [0, 0.1) is 6.07 Å². The van der Waals surface area contributed by atoms with Crippen molar-refractivity contribution in [3.05, 3.63) is 35.9 Å². The summed E-state index contributed by atoms with van der Waals surface area (Å²) in [5.74, 6) is 0. The quantitative estimate of drug-likeness (QED) is 0.647. The average molecular weight is 238 g/mol. The lowest BCUT2D eigenvalue weighted by Crippen LogP contribution is -2.21. The standard InChI is InChI=1S/C12H14Br/c13-12(9-5-2-6-10-12)11-7-3-1-4-8-11/h1,3-4,7H,2,5-6,9-10H2. The summed E-state index contributed by atoms with van der Waals surface area (Å²) in [6, 6.07) is 11.7. The van der Waals surface area contributed by atoms with Crippen LogP contribution in [-0.4, -0.2) is 0 Å². The Hall–Kier alpha value is -0.300. The predicted octanol–water partition coefficient (Wildman–Crippen LogP) is 4.04. The summed E-state index contributed by atoms with van der Waals surface area (Å²) >= 11 is 3.87. The minimum Gasteiger partial charge on any atom is -0.0801 e. The second-order valence-corrected chi connectivity index (χ2v) is 5.32. The lowest BCUT2D eigenvalue weighted by atomic mass is 9.84. The van der Waals surface area contributed by atoms with Gasteiger partial charge in [0.15, 0.2) is 0 Å². The molecular weight excluding hydrogens is 224 g/mol. The van der Waals surface area contributed by atoms with Gasteiger partial charge in [0.25, 0.3) is 0 Å². The minimum absolute atomic E-state index is 0.229. The van der Waals surface area contributed by atoms with Gasteiger partial charge in [-0.3, -0.25) is 0 Å². The zero-order valence-electron chi connectivity index (χ0n) is 7.72. The maximum atomic E-state index is 3.87. The van der Waals surface area contributed by atoms with Crippen LogP contribution in [0.4, 0.5) is 0 Å². The molecule has 1 heteroatoms. The highest BCUT2D eigenvalue weighted by molar-refractivity contribution is 9.09. The van der Waals surface area contributed by atoms with E-state index in [4.69, 9.17) is 0 Å². The first-order chi connectivity index (χ1) is 6.31. The molecule has 1 radical (unpaired) electrons. The summed E-state index contributed by atoms with van der Waals surface area (Å²) < 4.78 is 0.229. The van der Waals surface area contributed by atoms with Gasteiger partial charge >= 0.3 is 0 Å². The number of hydrogen-bond acceptors (Lipinski definition) is 0. The topological polar surface area (TPSA) is 0 Å². The number of benzene rings is 1. The lowest BCUT2D eigenvalue weighted by Gasteiger charge is -2.31. The summed E-state index contributed by atoms with van der Waals surface area (Å²) in [4.78, 5) is 0. The van der Waals surface area contributed by atoms with Crippen LogP contribution in [0.2, 0.25) is 0 Å². The van der Waals surface area contributed by atoms with Crippen LogP contribution in [0.25, 0.3) is 0 Å². The van der Waals surface area contributed by atoms with Crippen LogP contribution in [0.3, 0.4) is 0 Å². The first-order valence-electron chi connectivity index (χ1n) is 4.97. The van der Waals surface area contributed by atoms with Gasteiger partial charge in [0.1, 0.15) is 0 Å². The largest absolute Gasteiger partial charge is 0.0801 e. The Labute approximate surface area is 88.5 Å². The van der Waals surface area contributed by atoms with E-state index < -0.39 is 0 Å². The van der Waals surface area contributed by atoms with E-state index in [0.717, 1.165) is 0 Å². The maximum Gasteiger partial charge on any atom is 0.0512 e. The van der Waals surface area contributed by atoms with Gasteiger partial charge in [0.05, 0.1) is 4.32 Å². The molecule has 1 aromatic carbocycles. The molecule has 0 atom stereocenters. The van der Waals surface area contributed by atoms with Crippen molar-refractivity contribution in [1.82, 2.24) is 0 Å². The van der Waals surface area contributed by atoms with Gasteiger partial charge < -0.3 is 0 Å². The molecule has 1 aromatic rings. The van der Waals surface area contributed by atoms with E-state index in [1.807, 2.05) is 12.1 Å². The molecule has 69 valence electrons. The van der Waals surface area contributed by atoms with E-state index in [0.29, 0.717) is 0 Å². The Balaban J connectivity index is 2.23. The van der Waals surface area contributed by atoms with Gasteiger partial charge in [0, 0.05) is 0 Å². The number of hydrogen-bond donors (Lipinski definition) is 0.